The molecule has 1 aliphatic rings. The Morgan fingerprint density at radius 3 is 2.45 bits per heavy atom. The van der Waals surface area contributed by atoms with Gasteiger partial charge in [-0.3, -0.25) is 4.98 Å². The van der Waals surface area contributed by atoms with Gasteiger partial charge in [0.2, 0.25) is 0 Å². The number of pyridine rings is 1. The van der Waals surface area contributed by atoms with Crippen LogP contribution in [0, 0.1) is 11.8 Å². The van der Waals surface area contributed by atoms with E-state index in [2.05, 4.69) is 18.8 Å². The quantitative estimate of drug-likeness (QED) is 0.751. The molecule has 0 aliphatic heterocycles. The number of rotatable bonds is 3. The minimum Gasteiger partial charge on any atom is -0.489 e. The van der Waals surface area contributed by atoms with E-state index >= 15 is 0 Å². The van der Waals surface area contributed by atoms with E-state index in [1.165, 1.54) is 6.20 Å². The summed E-state index contributed by atoms with van der Waals surface area (Å²) < 4.78 is 43.5. The van der Waals surface area contributed by atoms with E-state index in [1.807, 2.05) is 0 Å². The Balaban J connectivity index is 0.00000200. The summed E-state index contributed by atoms with van der Waals surface area (Å²) >= 11 is 0. The van der Waals surface area contributed by atoms with Crippen LogP contribution in [0.3, 0.4) is 0 Å². The Morgan fingerprint density at radius 1 is 1.15 bits per heavy atom. The van der Waals surface area contributed by atoms with Gasteiger partial charge in [0.15, 0.2) is 0 Å². The third-order valence-electron chi connectivity index (χ3n) is 3.97. The Kier molecular flexibility index (Phi) is 7.05. The van der Waals surface area contributed by atoms with Crippen molar-refractivity contribution < 1.29 is 69.1 Å². The second kappa shape index (κ2) is 7.63. The van der Waals surface area contributed by atoms with Crippen LogP contribution < -0.4 is 61.6 Å². The SMILES string of the molecule is CC1CCC(Oc2cncc([B-](F)(F)F)c2)CC1C.[K+]. The van der Waals surface area contributed by atoms with Gasteiger partial charge in [-0.15, -0.1) is 0 Å². The van der Waals surface area contributed by atoms with Gasteiger partial charge in [0.1, 0.15) is 5.75 Å². The summed E-state index contributed by atoms with van der Waals surface area (Å²) in [5.74, 6) is 1.42. The Bertz CT molecular complexity index is 444. The summed E-state index contributed by atoms with van der Waals surface area (Å²) in [6.45, 7) is -0.651. The van der Waals surface area contributed by atoms with Crippen molar-refractivity contribution in [3.05, 3.63) is 18.5 Å². The fourth-order valence-corrected chi connectivity index (χ4v) is 2.48. The van der Waals surface area contributed by atoms with E-state index in [9.17, 15) is 12.9 Å². The van der Waals surface area contributed by atoms with Crippen LogP contribution in [0.4, 0.5) is 12.9 Å². The average molecular weight is 311 g/mol. The first kappa shape index (κ1) is 18.5. The average Bonchev–Trinajstić information content (AvgIpc) is 2.33. The molecule has 0 saturated heterocycles. The Morgan fingerprint density at radius 2 is 1.85 bits per heavy atom. The molecule has 1 saturated carbocycles. The topological polar surface area (TPSA) is 22.1 Å². The van der Waals surface area contributed by atoms with Crippen molar-refractivity contribution in [2.45, 2.75) is 39.2 Å². The predicted octanol–water partition coefficient (Wildman–Crippen LogP) is 0.343. The molecular formula is C13H18BF3KNO. The zero-order valence-electron chi connectivity index (χ0n) is 12.2. The second-order valence-corrected chi connectivity index (χ2v) is 5.54. The number of ether oxygens (including phenoxy) is 1. The van der Waals surface area contributed by atoms with E-state index in [0.29, 0.717) is 11.8 Å². The summed E-state index contributed by atoms with van der Waals surface area (Å²) in [5, 5.41) is 0. The van der Waals surface area contributed by atoms with Gasteiger partial charge in [-0.25, -0.2) is 0 Å². The molecule has 1 fully saturated rings. The summed E-state index contributed by atoms with van der Waals surface area (Å²) in [5.41, 5.74) is -0.699. The van der Waals surface area contributed by atoms with E-state index in [0.717, 1.165) is 31.5 Å². The molecule has 1 heterocycles. The molecule has 0 bridgehead atoms. The van der Waals surface area contributed by atoms with Crippen LogP contribution >= 0.6 is 0 Å². The number of halogens is 3. The molecule has 0 radical (unpaired) electrons. The van der Waals surface area contributed by atoms with Gasteiger partial charge in [-0.2, -0.15) is 0 Å². The van der Waals surface area contributed by atoms with E-state index in [-0.39, 0.29) is 63.2 Å². The van der Waals surface area contributed by atoms with Crippen LogP contribution in [0.1, 0.15) is 33.1 Å². The van der Waals surface area contributed by atoms with Crippen LogP contribution in [-0.2, 0) is 0 Å². The van der Waals surface area contributed by atoms with Crippen LogP contribution in [0.5, 0.6) is 5.75 Å². The van der Waals surface area contributed by atoms with Crippen molar-refractivity contribution in [3.8, 4) is 5.75 Å². The Labute approximate surface area is 160 Å². The monoisotopic (exact) mass is 311 g/mol. The smallest absolute Gasteiger partial charge is 0.489 e. The molecule has 1 aliphatic carbocycles. The summed E-state index contributed by atoms with van der Waals surface area (Å²) in [6, 6.07) is 1.05. The zero-order valence-corrected chi connectivity index (χ0v) is 15.3. The van der Waals surface area contributed by atoms with E-state index in [4.69, 9.17) is 4.74 Å². The molecule has 0 N–H and O–H groups in total. The predicted molar refractivity (Wildman–Crippen MR) is 69.5 cm³/mol. The van der Waals surface area contributed by atoms with Gasteiger partial charge in [0.05, 0.1) is 12.3 Å². The maximum atomic E-state index is 12.6. The van der Waals surface area contributed by atoms with Gasteiger partial charge in [0, 0.05) is 6.20 Å². The third-order valence-corrected chi connectivity index (χ3v) is 3.97. The molecule has 0 amide bonds. The molecule has 0 aromatic carbocycles. The minimum atomic E-state index is -5.01. The van der Waals surface area contributed by atoms with E-state index < -0.39 is 12.4 Å². The van der Waals surface area contributed by atoms with Gasteiger partial charge in [-0.05, 0) is 37.2 Å². The number of aromatic nitrogens is 1. The van der Waals surface area contributed by atoms with Crippen molar-refractivity contribution in [1.29, 1.82) is 0 Å². The van der Waals surface area contributed by atoms with E-state index in [1.54, 1.807) is 0 Å². The normalized spacial score (nSPS) is 26.8. The first-order valence-electron chi connectivity index (χ1n) is 6.68. The molecule has 7 heteroatoms. The fourth-order valence-electron chi connectivity index (χ4n) is 2.48. The van der Waals surface area contributed by atoms with Crippen molar-refractivity contribution >= 4 is 12.4 Å². The largest absolute Gasteiger partial charge is 1.00 e. The molecule has 3 unspecified atom stereocenters. The van der Waals surface area contributed by atoms with Crippen LogP contribution in [0.25, 0.3) is 0 Å². The Hall–Kier alpha value is 0.441. The standard InChI is InChI=1S/C13H18BF3NO.K/c1-9-3-4-12(5-10(9)2)19-13-6-11(7-18-8-13)14(15,16)17;/h6-10,12H,3-5H2,1-2H3;/q-1;+1. The molecule has 1 aromatic heterocycles. The fraction of sp³-hybridized carbons (Fsp3) is 0.615. The van der Waals surface area contributed by atoms with Gasteiger partial charge in [-0.1, -0.05) is 19.3 Å². The van der Waals surface area contributed by atoms with Crippen LogP contribution in [0.2, 0.25) is 0 Å². The van der Waals surface area contributed by atoms with Crippen LogP contribution in [-0.4, -0.2) is 18.1 Å². The molecule has 20 heavy (non-hydrogen) atoms. The summed E-state index contributed by atoms with van der Waals surface area (Å²) in [6.07, 6.45) is 5.05. The van der Waals surface area contributed by atoms with Gasteiger partial charge >= 0.3 is 58.4 Å². The maximum absolute atomic E-state index is 12.6. The van der Waals surface area contributed by atoms with Crippen LogP contribution in [0.15, 0.2) is 18.5 Å². The number of nitrogens with zero attached hydrogens (tertiary/aromatic N) is 1. The van der Waals surface area contributed by atoms with Gasteiger partial charge < -0.3 is 17.7 Å². The molecule has 0 spiro atoms. The molecular weight excluding hydrogens is 293 g/mol. The van der Waals surface area contributed by atoms with Crippen molar-refractivity contribution in [1.82, 2.24) is 4.98 Å². The summed E-state index contributed by atoms with van der Waals surface area (Å²) in [7, 11) is 0. The minimum absolute atomic E-state index is 0. The number of hydrogen-bond donors (Lipinski definition) is 0. The first-order valence-corrected chi connectivity index (χ1v) is 6.68. The molecule has 106 valence electrons. The molecule has 1 aromatic rings. The number of hydrogen-bond acceptors (Lipinski definition) is 2. The summed E-state index contributed by atoms with van der Waals surface area (Å²) in [4.78, 5) is 3.62. The second-order valence-electron chi connectivity index (χ2n) is 5.54. The zero-order chi connectivity index (χ0) is 14.0. The van der Waals surface area contributed by atoms with Crippen molar-refractivity contribution in [2.24, 2.45) is 11.8 Å². The molecule has 2 rings (SSSR count). The third kappa shape index (κ3) is 5.02. The molecule has 2 nitrogen and oxygen atoms in total. The first-order chi connectivity index (χ1) is 8.86. The van der Waals surface area contributed by atoms with Crippen molar-refractivity contribution in [2.75, 3.05) is 0 Å². The van der Waals surface area contributed by atoms with Gasteiger partial charge in [0.25, 0.3) is 0 Å². The van der Waals surface area contributed by atoms with Crippen molar-refractivity contribution in [3.63, 3.8) is 0 Å². The molecule has 3 atom stereocenters. The maximum Gasteiger partial charge on any atom is 1.00 e.